The summed E-state index contributed by atoms with van der Waals surface area (Å²) in [5.74, 6) is 2.79. The van der Waals surface area contributed by atoms with Crippen molar-refractivity contribution in [3.8, 4) is 23.0 Å². The molecular weight excluding hydrogens is 1300 g/mol. The molecular formula is C46H49N9O4P5SW2-. The van der Waals surface area contributed by atoms with Crippen molar-refractivity contribution in [1.29, 1.82) is 0 Å². The van der Waals surface area contributed by atoms with Crippen LogP contribution in [0.15, 0.2) is 178 Å². The van der Waals surface area contributed by atoms with E-state index >= 15 is 0 Å². The normalized spacial score (nSPS) is 11.9. The number of hydrazone groups is 2. The number of rotatable bonds is 23. The van der Waals surface area contributed by atoms with Crippen LogP contribution in [-0.2, 0) is 60.4 Å². The third kappa shape index (κ3) is 17.6. The summed E-state index contributed by atoms with van der Waals surface area (Å²) in [4.78, 5) is 8.06. The summed E-state index contributed by atoms with van der Waals surface area (Å²) in [6, 6.07) is 52.1. The van der Waals surface area contributed by atoms with Gasteiger partial charge >= 0.3 is 7.07 Å². The second kappa shape index (κ2) is 29.2. The van der Waals surface area contributed by atoms with Crippen molar-refractivity contribution >= 4 is 79.2 Å². The molecule has 0 N–H and O–H groups in total. The number of azide groups is 1. The van der Waals surface area contributed by atoms with Crippen LogP contribution in [-0.4, -0.2) is 61.2 Å². The van der Waals surface area contributed by atoms with E-state index in [0.29, 0.717) is 23.0 Å². The predicted octanol–water partition coefficient (Wildman–Crippen LogP) is 11.4. The van der Waals surface area contributed by atoms with Gasteiger partial charge in [0.25, 0.3) is 0 Å². The average molecular weight is 1350 g/mol. The Labute approximate surface area is 433 Å². The number of hydrogen-bond donors (Lipinski definition) is 0. The number of benzene rings is 6. The Morgan fingerprint density at radius 2 is 1.22 bits per heavy atom. The fourth-order valence-corrected chi connectivity index (χ4v) is 12.6. The Kier molecular flexibility index (Phi) is 24.3. The van der Waals surface area contributed by atoms with Crippen LogP contribution >= 0.6 is 39.0 Å². The largest absolute Gasteiger partial charge is 0.610 e. The molecule has 0 amide bonds. The summed E-state index contributed by atoms with van der Waals surface area (Å²) < 4.78 is 31.4. The molecule has 0 heterocycles. The van der Waals surface area contributed by atoms with Crippen LogP contribution in [0.1, 0.15) is 16.7 Å². The Bertz CT molecular complexity index is 2560. The molecule has 67 heavy (non-hydrogen) atoms. The first-order chi connectivity index (χ1) is 31.6. The maximum Gasteiger partial charge on any atom is 0.540 e. The molecule has 21 heteroatoms. The monoisotopic (exact) mass is 1350 g/mol. The van der Waals surface area contributed by atoms with Crippen molar-refractivity contribution in [2.45, 2.75) is 6.42 Å². The molecule has 6 aromatic rings. The van der Waals surface area contributed by atoms with E-state index in [1.165, 1.54) is 5.56 Å². The molecule has 4 atom stereocenters. The molecule has 6 aromatic carbocycles. The second-order valence-corrected chi connectivity index (χ2v) is 25.5. The second-order valence-electron chi connectivity index (χ2n) is 14.1. The van der Waals surface area contributed by atoms with Gasteiger partial charge < -0.3 is 33.0 Å². The van der Waals surface area contributed by atoms with Gasteiger partial charge in [-0.25, -0.2) is 0 Å². The van der Waals surface area contributed by atoms with Gasteiger partial charge in [0.1, 0.15) is 24.8 Å². The summed E-state index contributed by atoms with van der Waals surface area (Å²) >= 11 is 5.63. The summed E-state index contributed by atoms with van der Waals surface area (Å²) in [5.41, 5.74) is 11.5. The molecule has 6 rings (SSSR count). The van der Waals surface area contributed by atoms with Crippen LogP contribution in [0.5, 0.6) is 23.0 Å². The molecule has 0 aliphatic carbocycles. The molecule has 0 fully saturated rings. The van der Waals surface area contributed by atoms with Crippen molar-refractivity contribution in [1.82, 2.24) is 14.7 Å². The van der Waals surface area contributed by atoms with Gasteiger partial charge in [0.05, 0.1) is 26.5 Å². The van der Waals surface area contributed by atoms with Crippen LogP contribution in [0.3, 0.4) is 0 Å². The van der Waals surface area contributed by atoms with Crippen LogP contribution in [0, 0.1) is 14.1 Å². The minimum absolute atomic E-state index is 0. The zero-order valence-corrected chi connectivity index (χ0v) is 48.2. The first-order valence-electron chi connectivity index (χ1n) is 20.0. The summed E-state index contributed by atoms with van der Waals surface area (Å²) in [6.07, 6.45) is 4.36. The van der Waals surface area contributed by atoms with Crippen molar-refractivity contribution < 1.29 is 60.7 Å². The Hall–Kier alpha value is -3.85. The number of hydrogen-bond acceptors (Lipinski definition) is 11. The molecule has 0 aliphatic heterocycles. The molecule has 0 radical (unpaired) electrons. The zero-order chi connectivity index (χ0) is 45.9. The Balaban J connectivity index is 0.00000490. The van der Waals surface area contributed by atoms with Crippen molar-refractivity contribution in [2.24, 2.45) is 19.8 Å². The van der Waals surface area contributed by atoms with Crippen LogP contribution in [0.4, 0.5) is 0 Å². The molecule has 0 aromatic heterocycles. The predicted molar refractivity (Wildman–Crippen MR) is 279 cm³/mol. The van der Waals surface area contributed by atoms with Gasteiger partial charge in [0, 0.05) is 78.4 Å². The fraction of sp³-hybridized carbons (Fsp3) is 0.130. The standard InChI is InChI=1S/C46H49N9O4P5S.2W/c1-53(2)32-31-37-15-23-42(24-16-37)58-62(65)55(4)49-34-39-17-21-40(22-18-39)56-35-50-64(44-11-7-5-8-12-44,45-13-9-6-10-14-45)46-29-27-41(28-30-46)57-36-54(3)48-33-38-19-25-43(26-20-38)59-63(60)61-52-51-47;;/h5-30,33-34,61H,1-2,31-32,35-36,60H2,3-4H3;;/q-1;;/b48-33+,49-34+;;. The summed E-state index contributed by atoms with van der Waals surface area (Å²) in [7, 11) is 8.97. The van der Waals surface area contributed by atoms with E-state index in [9.17, 15) is 0 Å². The van der Waals surface area contributed by atoms with Crippen LogP contribution in [0.2, 0.25) is 0 Å². The van der Waals surface area contributed by atoms with Gasteiger partial charge in [-0.1, -0.05) is 97.9 Å². The average Bonchev–Trinajstić information content (AvgIpc) is 3.34. The van der Waals surface area contributed by atoms with E-state index < -0.39 is 21.7 Å². The zero-order valence-electron chi connectivity index (χ0n) is 36.7. The third-order valence-electron chi connectivity index (χ3n) is 9.38. The molecule has 4 unspecified atom stereocenters. The SMILES string of the molecule is [CH2-]N([CH2-])CCc1ccc(O[P+](=S)N(C)/N=C/c2ccc(OCN=P(c3ccccc3)(c3ccccc3)c3ccc(OCN(C)/N=C/c4ccc(OP(P)PN=[N+]=[N-])cc4)cc3)cc2)cc1.[W].[W]. The summed E-state index contributed by atoms with van der Waals surface area (Å²) in [6.45, 7) is 1.13. The molecule has 13 nitrogen and oxygen atoms in total. The van der Waals surface area contributed by atoms with Crippen LogP contribution < -0.4 is 34.4 Å². The Morgan fingerprint density at radius 1 is 0.716 bits per heavy atom. The van der Waals surface area contributed by atoms with Crippen molar-refractivity contribution in [3.63, 3.8) is 0 Å². The topological polar surface area (TPSA) is 132 Å². The van der Waals surface area contributed by atoms with E-state index in [1.807, 2.05) is 111 Å². The third-order valence-corrected chi connectivity index (χ3v) is 18.2. The van der Waals surface area contributed by atoms with Gasteiger partial charge in [0.15, 0.2) is 19.2 Å². The minimum atomic E-state index is -2.56. The van der Waals surface area contributed by atoms with E-state index in [1.54, 1.807) is 27.1 Å². The fourth-order valence-electron chi connectivity index (χ4n) is 6.10. The smallest absolute Gasteiger partial charge is 0.540 e. The Morgan fingerprint density at radius 3 is 1.79 bits per heavy atom. The molecule has 0 saturated heterocycles. The molecule has 0 bridgehead atoms. The molecule has 346 valence electrons. The molecule has 0 spiro atoms. The number of ether oxygens (including phenoxy) is 2. The molecule has 0 aliphatic rings. The van der Waals surface area contributed by atoms with Gasteiger partial charge in [0.2, 0.25) is 11.8 Å². The minimum Gasteiger partial charge on any atom is -0.610 e. The van der Waals surface area contributed by atoms with Gasteiger partial charge in [-0.05, 0) is 114 Å². The van der Waals surface area contributed by atoms with E-state index in [4.69, 9.17) is 40.6 Å². The first kappa shape index (κ1) is 55.7. The molecule has 0 saturated carbocycles. The number of nitrogens with zero attached hydrogens (tertiary/aromatic N) is 9. The quantitative estimate of drug-likeness (QED) is 0.00905. The van der Waals surface area contributed by atoms with Crippen molar-refractivity contribution in [3.05, 3.63) is 199 Å². The van der Waals surface area contributed by atoms with Gasteiger partial charge in [-0.2, -0.15) is 5.10 Å². The van der Waals surface area contributed by atoms with Crippen molar-refractivity contribution in [2.75, 3.05) is 34.1 Å². The maximum atomic E-state index is 8.54. The first-order valence-corrected chi connectivity index (χ1v) is 28.7. The van der Waals surface area contributed by atoms with E-state index in [2.05, 4.69) is 104 Å². The summed E-state index contributed by atoms with van der Waals surface area (Å²) in [5, 5.41) is 14.1. The van der Waals surface area contributed by atoms with E-state index in [-0.39, 0.29) is 64.0 Å². The maximum absolute atomic E-state index is 8.54. The van der Waals surface area contributed by atoms with Gasteiger partial charge in [-0.3, -0.25) is 14.3 Å². The van der Waals surface area contributed by atoms with Crippen LogP contribution in [0.25, 0.3) is 10.4 Å². The van der Waals surface area contributed by atoms with Gasteiger partial charge in [-0.15, -0.1) is 5.10 Å². The van der Waals surface area contributed by atoms with E-state index in [0.717, 1.165) is 40.0 Å².